The molecule has 1 aromatic rings. The highest BCUT2D eigenvalue weighted by Gasteiger charge is 2.29. The molecule has 2 unspecified atom stereocenters. The Kier molecular flexibility index (Phi) is 3.07. The molecule has 2 atom stereocenters. The van der Waals surface area contributed by atoms with Crippen LogP contribution >= 0.6 is 0 Å². The van der Waals surface area contributed by atoms with Crippen LogP contribution in [0.25, 0.3) is 0 Å². The fourth-order valence-electron chi connectivity index (χ4n) is 2.90. The van der Waals surface area contributed by atoms with E-state index in [1.807, 2.05) is 6.20 Å². The van der Waals surface area contributed by atoms with Gasteiger partial charge in [-0.15, -0.1) is 0 Å². The number of hydrogen-bond donors (Lipinski definition) is 1. The van der Waals surface area contributed by atoms with Gasteiger partial charge in [-0.2, -0.15) is 0 Å². The van der Waals surface area contributed by atoms with Crippen LogP contribution in [0.2, 0.25) is 0 Å². The van der Waals surface area contributed by atoms with E-state index in [1.165, 1.54) is 6.42 Å². The summed E-state index contributed by atoms with van der Waals surface area (Å²) in [6.45, 7) is 1.56. The molecule has 0 amide bonds. The van der Waals surface area contributed by atoms with Crippen molar-refractivity contribution in [1.29, 1.82) is 0 Å². The first-order valence-corrected chi connectivity index (χ1v) is 6.64. The molecule has 1 saturated heterocycles. The monoisotopic (exact) mass is 250 g/mol. The van der Waals surface area contributed by atoms with Crippen LogP contribution in [-0.4, -0.2) is 27.2 Å². The van der Waals surface area contributed by atoms with Gasteiger partial charge in [0.15, 0.2) is 0 Å². The summed E-state index contributed by atoms with van der Waals surface area (Å²) in [4.78, 5) is 15.5. The Labute approximate surface area is 106 Å². The normalized spacial score (nSPS) is 27.8. The zero-order valence-corrected chi connectivity index (χ0v) is 10.3. The van der Waals surface area contributed by atoms with Crippen molar-refractivity contribution < 1.29 is 14.6 Å². The third-order valence-electron chi connectivity index (χ3n) is 3.94. The minimum Gasteiger partial charge on any atom is -0.481 e. The molecule has 5 nitrogen and oxygen atoms in total. The van der Waals surface area contributed by atoms with Crippen molar-refractivity contribution in [2.24, 2.45) is 5.92 Å². The number of aliphatic carboxylic acids is 1. The van der Waals surface area contributed by atoms with Crippen LogP contribution in [0.4, 0.5) is 0 Å². The zero-order valence-electron chi connectivity index (χ0n) is 10.3. The summed E-state index contributed by atoms with van der Waals surface area (Å²) in [7, 11) is 0. The molecule has 3 rings (SSSR count). The summed E-state index contributed by atoms with van der Waals surface area (Å²) in [5.74, 6) is 0.0424. The third kappa shape index (κ3) is 2.03. The Bertz CT molecular complexity index is 449. The molecule has 1 fully saturated rings. The highest BCUT2D eigenvalue weighted by atomic mass is 16.5. The topological polar surface area (TPSA) is 64.3 Å². The number of carbonyl (C=O) groups is 1. The number of aromatic nitrogens is 2. The molecule has 1 aromatic heterocycles. The van der Waals surface area contributed by atoms with Gasteiger partial charge < -0.3 is 14.4 Å². The molecule has 2 aliphatic rings. The molecule has 0 spiro atoms. The summed E-state index contributed by atoms with van der Waals surface area (Å²) >= 11 is 0. The quantitative estimate of drug-likeness (QED) is 0.868. The second-order valence-corrected chi connectivity index (χ2v) is 5.14. The van der Waals surface area contributed by atoms with E-state index in [2.05, 4.69) is 9.55 Å². The van der Waals surface area contributed by atoms with Crippen LogP contribution in [0.1, 0.15) is 43.3 Å². The van der Waals surface area contributed by atoms with Gasteiger partial charge in [0.25, 0.3) is 0 Å². The maximum atomic E-state index is 11.0. The standard InChI is InChI=1S/C13H18N2O3/c16-13(17)9-4-5-15-10(7-9)8-14-12(15)11-3-1-2-6-18-11/h8-9,11H,1-7H2,(H,16,17). The van der Waals surface area contributed by atoms with E-state index in [0.717, 1.165) is 37.5 Å². The molecular formula is C13H18N2O3. The van der Waals surface area contributed by atoms with Gasteiger partial charge in [0, 0.05) is 31.5 Å². The molecule has 18 heavy (non-hydrogen) atoms. The second kappa shape index (κ2) is 4.72. The lowest BCUT2D eigenvalue weighted by atomic mass is 9.96. The fraction of sp³-hybridized carbons (Fsp3) is 0.692. The van der Waals surface area contributed by atoms with Crippen LogP contribution in [-0.2, 0) is 22.5 Å². The van der Waals surface area contributed by atoms with Gasteiger partial charge in [-0.1, -0.05) is 0 Å². The third-order valence-corrected chi connectivity index (χ3v) is 3.94. The van der Waals surface area contributed by atoms with E-state index in [-0.39, 0.29) is 12.0 Å². The minimum atomic E-state index is -0.696. The van der Waals surface area contributed by atoms with E-state index in [9.17, 15) is 4.79 Å². The number of carboxylic acid groups (broad SMARTS) is 1. The molecule has 0 aromatic carbocycles. The van der Waals surface area contributed by atoms with Crippen LogP contribution in [0.5, 0.6) is 0 Å². The molecule has 2 aliphatic heterocycles. The van der Waals surface area contributed by atoms with Crippen molar-refractivity contribution >= 4 is 5.97 Å². The molecule has 0 saturated carbocycles. The Morgan fingerprint density at radius 3 is 3.06 bits per heavy atom. The molecule has 1 N–H and O–H groups in total. The second-order valence-electron chi connectivity index (χ2n) is 5.14. The number of fused-ring (bicyclic) bond motifs is 1. The Morgan fingerprint density at radius 2 is 2.33 bits per heavy atom. The SMILES string of the molecule is O=C(O)C1CCn2c(cnc2C2CCCCO2)C1. The van der Waals surface area contributed by atoms with Crippen LogP contribution in [0, 0.1) is 5.92 Å². The first kappa shape index (κ1) is 11.7. The fourth-order valence-corrected chi connectivity index (χ4v) is 2.90. The lowest BCUT2D eigenvalue weighted by Gasteiger charge is -2.26. The molecular weight excluding hydrogens is 232 g/mol. The molecule has 5 heteroatoms. The van der Waals surface area contributed by atoms with E-state index < -0.39 is 5.97 Å². The van der Waals surface area contributed by atoms with E-state index in [4.69, 9.17) is 9.84 Å². The minimum absolute atomic E-state index is 0.105. The summed E-state index contributed by atoms with van der Waals surface area (Å²) in [6.07, 6.45) is 6.55. The van der Waals surface area contributed by atoms with Crippen LogP contribution < -0.4 is 0 Å². The van der Waals surface area contributed by atoms with Gasteiger partial charge >= 0.3 is 5.97 Å². The van der Waals surface area contributed by atoms with Crippen molar-refractivity contribution in [3.8, 4) is 0 Å². The summed E-state index contributed by atoms with van der Waals surface area (Å²) < 4.78 is 7.93. The van der Waals surface area contributed by atoms with Crippen LogP contribution in [0.3, 0.4) is 0 Å². The van der Waals surface area contributed by atoms with Gasteiger partial charge in [0.1, 0.15) is 11.9 Å². The van der Waals surface area contributed by atoms with E-state index >= 15 is 0 Å². The molecule has 0 aliphatic carbocycles. The molecule has 98 valence electrons. The highest BCUT2D eigenvalue weighted by Crippen LogP contribution is 2.30. The van der Waals surface area contributed by atoms with Crippen molar-refractivity contribution in [1.82, 2.24) is 9.55 Å². The Hall–Kier alpha value is -1.36. The molecule has 3 heterocycles. The number of hydrogen-bond acceptors (Lipinski definition) is 3. The maximum absolute atomic E-state index is 11.0. The van der Waals surface area contributed by atoms with Crippen molar-refractivity contribution in [2.75, 3.05) is 6.61 Å². The Morgan fingerprint density at radius 1 is 1.44 bits per heavy atom. The average Bonchev–Trinajstić information content (AvgIpc) is 2.82. The predicted molar refractivity (Wildman–Crippen MR) is 64.2 cm³/mol. The number of nitrogens with zero attached hydrogens (tertiary/aromatic N) is 2. The average molecular weight is 250 g/mol. The number of rotatable bonds is 2. The van der Waals surface area contributed by atoms with Gasteiger partial charge in [0.05, 0.1) is 5.92 Å². The zero-order chi connectivity index (χ0) is 12.5. The van der Waals surface area contributed by atoms with Crippen molar-refractivity contribution in [2.45, 2.75) is 44.8 Å². The largest absolute Gasteiger partial charge is 0.481 e. The number of ether oxygens (including phenoxy) is 1. The lowest BCUT2D eigenvalue weighted by molar-refractivity contribution is -0.142. The summed E-state index contributed by atoms with van der Waals surface area (Å²) in [5.41, 5.74) is 1.04. The van der Waals surface area contributed by atoms with Gasteiger partial charge in [-0.25, -0.2) is 4.98 Å². The van der Waals surface area contributed by atoms with Gasteiger partial charge in [0.2, 0.25) is 0 Å². The lowest BCUT2D eigenvalue weighted by Crippen LogP contribution is -2.27. The summed E-state index contributed by atoms with van der Waals surface area (Å²) in [6, 6.07) is 0. The first-order chi connectivity index (χ1) is 8.75. The van der Waals surface area contributed by atoms with E-state index in [0.29, 0.717) is 12.8 Å². The van der Waals surface area contributed by atoms with Crippen molar-refractivity contribution in [3.63, 3.8) is 0 Å². The molecule has 0 radical (unpaired) electrons. The maximum Gasteiger partial charge on any atom is 0.306 e. The Balaban J connectivity index is 1.81. The number of imidazole rings is 1. The summed E-state index contributed by atoms with van der Waals surface area (Å²) in [5, 5.41) is 9.06. The predicted octanol–water partition coefficient (Wildman–Crippen LogP) is 1.77. The van der Waals surface area contributed by atoms with Crippen LogP contribution in [0.15, 0.2) is 6.20 Å². The molecule has 0 bridgehead atoms. The first-order valence-electron chi connectivity index (χ1n) is 6.64. The highest BCUT2D eigenvalue weighted by molar-refractivity contribution is 5.70. The smallest absolute Gasteiger partial charge is 0.306 e. The van der Waals surface area contributed by atoms with Gasteiger partial charge in [-0.05, 0) is 25.7 Å². The number of carboxylic acids is 1. The van der Waals surface area contributed by atoms with E-state index in [1.54, 1.807) is 0 Å². The van der Waals surface area contributed by atoms with Gasteiger partial charge in [-0.3, -0.25) is 4.79 Å². The van der Waals surface area contributed by atoms with Crippen molar-refractivity contribution in [3.05, 3.63) is 17.7 Å².